The van der Waals surface area contributed by atoms with Gasteiger partial charge in [-0.2, -0.15) is 14.5 Å². The van der Waals surface area contributed by atoms with E-state index in [1.54, 1.807) is 16.4 Å². The van der Waals surface area contributed by atoms with Gasteiger partial charge in [-0.15, -0.1) is 10.2 Å². The van der Waals surface area contributed by atoms with E-state index >= 15 is 0 Å². The summed E-state index contributed by atoms with van der Waals surface area (Å²) in [7, 11) is 0. The first-order valence-corrected chi connectivity index (χ1v) is 19.7. The Morgan fingerprint density at radius 1 is 0.756 bits per heavy atom. The Labute approximate surface area is 281 Å². The van der Waals surface area contributed by atoms with Crippen molar-refractivity contribution in [3.8, 4) is 5.69 Å². The summed E-state index contributed by atoms with van der Waals surface area (Å²) in [5.74, 6) is 2.28. The molecule has 250 valence electrons. The van der Waals surface area contributed by atoms with Crippen molar-refractivity contribution < 1.29 is 0 Å². The minimum atomic E-state index is 0.470. The number of nitrogens with two attached hydrogens (primary N) is 1. The van der Waals surface area contributed by atoms with Crippen LogP contribution < -0.4 is 5.73 Å². The Morgan fingerprint density at radius 2 is 1.29 bits per heavy atom. The summed E-state index contributed by atoms with van der Waals surface area (Å²) in [5, 5.41) is 14.7. The Morgan fingerprint density at radius 3 is 1.84 bits per heavy atom. The van der Waals surface area contributed by atoms with Gasteiger partial charge in [0, 0.05) is 17.3 Å². The third-order valence-corrected chi connectivity index (χ3v) is 10.4. The summed E-state index contributed by atoms with van der Waals surface area (Å²) in [4.78, 5) is 4.67. The molecule has 0 saturated carbocycles. The molecule has 9 heteroatoms. The molecule has 0 radical (unpaired) electrons. The molecule has 45 heavy (non-hydrogen) atoms. The van der Waals surface area contributed by atoms with Crippen LogP contribution in [0.3, 0.4) is 0 Å². The molecular weight excluding hydrogens is 595 g/mol. The lowest BCUT2D eigenvalue weighted by molar-refractivity contribution is 0.435. The summed E-state index contributed by atoms with van der Waals surface area (Å²) >= 11 is 3.08. The Bertz CT molecular complexity index is 1190. The molecule has 0 aliphatic heterocycles. The second kappa shape index (κ2) is 23.1. The van der Waals surface area contributed by atoms with Crippen molar-refractivity contribution in [2.45, 2.75) is 154 Å². The predicted octanol–water partition coefficient (Wildman–Crippen LogP) is 12.6. The molecule has 1 aromatic carbocycles. The van der Waals surface area contributed by atoms with Gasteiger partial charge in [0.05, 0.1) is 11.4 Å². The first kappa shape index (κ1) is 37.2. The third kappa shape index (κ3) is 14.8. The molecule has 0 aliphatic rings. The van der Waals surface area contributed by atoms with E-state index in [0.717, 1.165) is 28.2 Å². The highest BCUT2D eigenvalue weighted by molar-refractivity contribution is 7.99. The van der Waals surface area contributed by atoms with Gasteiger partial charge in [-0.1, -0.05) is 159 Å². The zero-order valence-corrected chi connectivity index (χ0v) is 30.0. The molecule has 0 spiro atoms. The van der Waals surface area contributed by atoms with Crippen molar-refractivity contribution in [2.24, 2.45) is 16.1 Å². The number of nitrogen functional groups attached to an aromatic ring is 1. The van der Waals surface area contributed by atoms with Crippen molar-refractivity contribution in [1.82, 2.24) is 19.1 Å². The fourth-order valence-corrected chi connectivity index (χ4v) is 7.47. The van der Waals surface area contributed by atoms with Gasteiger partial charge in [-0.3, -0.25) is 0 Å². The van der Waals surface area contributed by atoms with Crippen LogP contribution in [0.2, 0.25) is 0 Å². The first-order valence-electron chi connectivity index (χ1n) is 17.9. The van der Waals surface area contributed by atoms with Crippen molar-refractivity contribution in [1.29, 1.82) is 0 Å². The van der Waals surface area contributed by atoms with Gasteiger partial charge in [-0.25, -0.2) is 4.68 Å². The Kier molecular flexibility index (Phi) is 19.1. The van der Waals surface area contributed by atoms with Crippen molar-refractivity contribution >= 4 is 39.9 Å². The maximum atomic E-state index is 6.38. The molecule has 0 amide bonds. The largest absolute Gasteiger partial charge is 0.382 e. The third-order valence-electron chi connectivity index (χ3n) is 8.58. The first-order chi connectivity index (χ1) is 22.1. The molecule has 2 heterocycles. The van der Waals surface area contributed by atoms with Gasteiger partial charge in [0.2, 0.25) is 10.3 Å². The second-order valence-electron chi connectivity index (χ2n) is 12.5. The number of aromatic nitrogens is 4. The van der Waals surface area contributed by atoms with E-state index in [2.05, 4.69) is 38.5 Å². The molecule has 0 fully saturated rings. The van der Waals surface area contributed by atoms with E-state index in [1.165, 1.54) is 140 Å². The Hall–Kier alpha value is -2.26. The highest BCUT2D eigenvalue weighted by Crippen LogP contribution is 2.32. The van der Waals surface area contributed by atoms with Gasteiger partial charge < -0.3 is 5.73 Å². The average molecular weight is 654 g/mol. The fourth-order valence-electron chi connectivity index (χ4n) is 5.81. The molecule has 0 aliphatic carbocycles. The van der Waals surface area contributed by atoms with Crippen LogP contribution in [0, 0.1) is 12.8 Å². The number of benzene rings is 1. The number of hydrogen-bond donors (Lipinski definition) is 1. The number of thioether (sulfide) groups is 1. The standard InChI is InChI=1S/C36H59N7S2/c1-4-6-8-10-12-14-15-17-19-22-26-31(25-21-18-16-13-11-9-7-5-2)29-44-36-38-35(45-42-36)40-39-33-30(3)41-43(34(33)37)32-27-23-20-24-28-32/h20,23-24,27-28,31H,4-19,21-22,25-26,29,37H2,1-3H3. The van der Waals surface area contributed by atoms with E-state index in [1.807, 2.05) is 37.3 Å². The molecule has 1 unspecified atom stereocenters. The summed E-state index contributed by atoms with van der Waals surface area (Å²) < 4.78 is 6.29. The summed E-state index contributed by atoms with van der Waals surface area (Å²) in [5.41, 5.74) is 8.58. The maximum absolute atomic E-state index is 6.38. The number of unbranched alkanes of at least 4 members (excludes halogenated alkanes) is 16. The predicted molar refractivity (Wildman–Crippen MR) is 195 cm³/mol. The quantitative estimate of drug-likeness (QED) is 0.0528. The monoisotopic (exact) mass is 653 g/mol. The van der Waals surface area contributed by atoms with Crippen LogP contribution in [0.5, 0.6) is 0 Å². The van der Waals surface area contributed by atoms with E-state index in [9.17, 15) is 0 Å². The molecule has 2 N–H and O–H groups in total. The minimum Gasteiger partial charge on any atom is -0.382 e. The van der Waals surface area contributed by atoms with E-state index in [0.29, 0.717) is 16.6 Å². The van der Waals surface area contributed by atoms with Crippen LogP contribution in [-0.2, 0) is 0 Å². The molecule has 0 bridgehead atoms. The van der Waals surface area contributed by atoms with E-state index < -0.39 is 0 Å². The molecule has 3 aromatic rings. The van der Waals surface area contributed by atoms with Gasteiger partial charge in [0.15, 0.2) is 11.5 Å². The highest BCUT2D eigenvalue weighted by atomic mass is 32.2. The van der Waals surface area contributed by atoms with Crippen LogP contribution in [0.4, 0.5) is 16.6 Å². The smallest absolute Gasteiger partial charge is 0.250 e. The number of hydrogen-bond acceptors (Lipinski definition) is 8. The van der Waals surface area contributed by atoms with Crippen LogP contribution in [0.1, 0.15) is 148 Å². The molecular formula is C36H59N7S2. The SMILES string of the molecule is CCCCCCCCCCCCC(CCCCCCCCCC)CSc1nsc(N=Nc2c(C)nn(-c3ccccc3)c2N)n1. The van der Waals surface area contributed by atoms with Gasteiger partial charge in [0.1, 0.15) is 0 Å². The van der Waals surface area contributed by atoms with Crippen LogP contribution >= 0.6 is 23.3 Å². The molecule has 0 saturated heterocycles. The number of anilines is 1. The van der Waals surface area contributed by atoms with Gasteiger partial charge in [-0.05, 0) is 37.8 Å². The van der Waals surface area contributed by atoms with Crippen LogP contribution in [-0.4, -0.2) is 24.9 Å². The number of aryl methyl sites for hydroxylation is 1. The lowest BCUT2D eigenvalue weighted by atomic mass is 9.95. The highest BCUT2D eigenvalue weighted by Gasteiger charge is 2.15. The number of nitrogens with zero attached hydrogens (tertiary/aromatic N) is 6. The minimum absolute atomic E-state index is 0.470. The van der Waals surface area contributed by atoms with Crippen molar-refractivity contribution in [2.75, 3.05) is 11.5 Å². The van der Waals surface area contributed by atoms with Crippen LogP contribution in [0.25, 0.3) is 5.69 Å². The zero-order chi connectivity index (χ0) is 32.0. The second-order valence-corrected chi connectivity index (χ2v) is 14.3. The molecule has 7 nitrogen and oxygen atoms in total. The summed E-state index contributed by atoms with van der Waals surface area (Å²) in [6.45, 7) is 6.48. The van der Waals surface area contributed by atoms with Gasteiger partial charge >= 0.3 is 0 Å². The van der Waals surface area contributed by atoms with Crippen LogP contribution in [0.15, 0.2) is 45.7 Å². The Balaban J connectivity index is 1.45. The zero-order valence-electron chi connectivity index (χ0n) is 28.4. The molecule has 1 atom stereocenters. The lowest BCUT2D eigenvalue weighted by Crippen LogP contribution is -2.05. The molecule has 3 rings (SSSR count). The lowest BCUT2D eigenvalue weighted by Gasteiger charge is -2.16. The fraction of sp³-hybridized carbons (Fsp3) is 0.694. The molecule has 2 aromatic heterocycles. The van der Waals surface area contributed by atoms with Gasteiger partial charge in [0.25, 0.3) is 0 Å². The van der Waals surface area contributed by atoms with Crippen molar-refractivity contribution in [3.63, 3.8) is 0 Å². The van der Waals surface area contributed by atoms with E-state index in [4.69, 9.17) is 5.73 Å². The van der Waals surface area contributed by atoms with E-state index in [-0.39, 0.29) is 0 Å². The van der Waals surface area contributed by atoms with Crippen molar-refractivity contribution in [3.05, 3.63) is 36.0 Å². The summed E-state index contributed by atoms with van der Waals surface area (Å²) in [6, 6.07) is 9.83. The average Bonchev–Trinajstić information content (AvgIpc) is 3.63. The summed E-state index contributed by atoms with van der Waals surface area (Å²) in [6.07, 6.45) is 27.6. The number of para-hydroxylation sites is 1. The topological polar surface area (TPSA) is 94.3 Å². The number of rotatable bonds is 26. The maximum Gasteiger partial charge on any atom is 0.250 e. The normalized spacial score (nSPS) is 12.4. The number of azo groups is 1.